The number of amides is 1. The van der Waals surface area contributed by atoms with Gasteiger partial charge < -0.3 is 5.32 Å². The summed E-state index contributed by atoms with van der Waals surface area (Å²) in [5.74, 6) is -0.205. The molecule has 2 aromatic rings. The smallest absolute Gasteiger partial charge is 0.261 e. The molecular weight excluding hydrogens is 348 g/mol. The monoisotopic (exact) mass is 374 g/mol. The van der Waals surface area contributed by atoms with Gasteiger partial charge in [-0.2, -0.15) is 0 Å². The van der Waals surface area contributed by atoms with Crippen LogP contribution in [-0.2, 0) is 16.4 Å². The molecule has 0 aliphatic heterocycles. The number of hydrogen-bond donors (Lipinski definition) is 2. The zero-order valence-electron chi connectivity index (χ0n) is 15.7. The highest BCUT2D eigenvalue weighted by Gasteiger charge is 2.18. The Morgan fingerprint density at radius 3 is 2.31 bits per heavy atom. The Hall–Kier alpha value is -2.34. The zero-order chi connectivity index (χ0) is 19.3. The van der Waals surface area contributed by atoms with E-state index in [4.69, 9.17) is 0 Å². The Balaban J connectivity index is 2.24. The first-order valence-corrected chi connectivity index (χ1v) is 10.3. The molecule has 0 radical (unpaired) electrons. The Labute approximate surface area is 155 Å². The van der Waals surface area contributed by atoms with E-state index in [9.17, 15) is 13.2 Å². The number of hydrogen-bond acceptors (Lipinski definition) is 3. The summed E-state index contributed by atoms with van der Waals surface area (Å²) in [4.78, 5) is 12.2. The lowest BCUT2D eigenvalue weighted by Gasteiger charge is -2.15. The molecular formula is C20H26N2O3S. The number of para-hydroxylation sites is 1. The van der Waals surface area contributed by atoms with Crippen LogP contribution >= 0.6 is 0 Å². The fourth-order valence-corrected chi connectivity index (χ4v) is 3.73. The molecule has 1 amide bonds. The molecule has 0 saturated heterocycles. The van der Waals surface area contributed by atoms with Crippen molar-refractivity contribution in [3.8, 4) is 0 Å². The van der Waals surface area contributed by atoms with E-state index >= 15 is 0 Å². The second-order valence-electron chi connectivity index (χ2n) is 6.38. The molecule has 0 heterocycles. The molecule has 26 heavy (non-hydrogen) atoms. The van der Waals surface area contributed by atoms with Crippen molar-refractivity contribution in [3.05, 3.63) is 59.2 Å². The fraction of sp³-hybridized carbons (Fsp3) is 0.350. The number of carbonyl (C=O) groups excluding carboxylic acids is 1. The first-order valence-electron chi connectivity index (χ1n) is 8.80. The van der Waals surface area contributed by atoms with Crippen molar-refractivity contribution in [2.75, 3.05) is 4.72 Å². The van der Waals surface area contributed by atoms with Gasteiger partial charge in [0, 0.05) is 11.6 Å². The van der Waals surface area contributed by atoms with E-state index in [0.717, 1.165) is 24.0 Å². The summed E-state index contributed by atoms with van der Waals surface area (Å²) in [6.45, 7) is 7.77. The molecule has 0 spiro atoms. The Morgan fingerprint density at radius 2 is 1.73 bits per heavy atom. The number of anilines is 1. The highest BCUT2D eigenvalue weighted by Crippen LogP contribution is 2.24. The molecule has 0 aromatic heterocycles. The number of sulfonamides is 1. The van der Waals surface area contributed by atoms with E-state index in [2.05, 4.69) is 10.0 Å². The van der Waals surface area contributed by atoms with Crippen LogP contribution in [0.2, 0.25) is 0 Å². The lowest BCUT2D eigenvalue weighted by atomic mass is 10.1. The van der Waals surface area contributed by atoms with E-state index < -0.39 is 10.0 Å². The maximum atomic E-state index is 12.7. The minimum Gasteiger partial charge on any atom is -0.350 e. The number of rotatable bonds is 7. The Bertz CT molecular complexity index is 874. The second-order valence-corrected chi connectivity index (χ2v) is 8.06. The van der Waals surface area contributed by atoms with Gasteiger partial charge in [-0.05, 0) is 62.1 Å². The summed E-state index contributed by atoms with van der Waals surface area (Å²) in [5.41, 5.74) is 2.87. The van der Waals surface area contributed by atoms with Crippen LogP contribution < -0.4 is 10.0 Å². The van der Waals surface area contributed by atoms with Crippen LogP contribution in [0.15, 0.2) is 47.4 Å². The maximum absolute atomic E-state index is 12.7. The molecule has 2 rings (SSSR count). The number of nitrogens with one attached hydrogen (secondary N) is 2. The summed E-state index contributed by atoms with van der Waals surface area (Å²) in [6.07, 6.45) is 1.56. The molecule has 0 bridgehead atoms. The summed E-state index contributed by atoms with van der Waals surface area (Å²) < 4.78 is 28.1. The lowest BCUT2D eigenvalue weighted by Crippen LogP contribution is -2.31. The van der Waals surface area contributed by atoms with Gasteiger partial charge in [0.2, 0.25) is 0 Å². The predicted molar refractivity (Wildman–Crippen MR) is 105 cm³/mol. The van der Waals surface area contributed by atoms with Crippen LogP contribution in [0.25, 0.3) is 0 Å². The topological polar surface area (TPSA) is 75.3 Å². The molecule has 6 heteroatoms. The van der Waals surface area contributed by atoms with Gasteiger partial charge in [0.15, 0.2) is 0 Å². The summed E-state index contributed by atoms with van der Waals surface area (Å²) in [5, 5.41) is 2.86. The first-order chi connectivity index (χ1) is 12.3. The van der Waals surface area contributed by atoms with Gasteiger partial charge in [-0.3, -0.25) is 9.52 Å². The quantitative estimate of drug-likeness (QED) is 0.772. The molecule has 1 atom stereocenters. The first kappa shape index (κ1) is 20.0. The summed E-state index contributed by atoms with van der Waals surface area (Å²) in [7, 11) is -3.72. The molecule has 2 N–H and O–H groups in total. The van der Waals surface area contributed by atoms with Crippen molar-refractivity contribution < 1.29 is 13.2 Å². The van der Waals surface area contributed by atoms with E-state index in [1.807, 2.05) is 45.9 Å². The summed E-state index contributed by atoms with van der Waals surface area (Å²) in [6, 6.07) is 11.7. The van der Waals surface area contributed by atoms with E-state index in [1.165, 1.54) is 24.3 Å². The number of benzene rings is 2. The molecule has 5 nitrogen and oxygen atoms in total. The molecule has 0 aliphatic rings. The minimum atomic E-state index is -3.72. The molecule has 0 fully saturated rings. The van der Waals surface area contributed by atoms with Gasteiger partial charge in [0.1, 0.15) is 0 Å². The average molecular weight is 375 g/mol. The van der Waals surface area contributed by atoms with Gasteiger partial charge in [0.25, 0.3) is 15.9 Å². The third-order valence-electron chi connectivity index (χ3n) is 4.39. The van der Waals surface area contributed by atoms with E-state index in [-0.39, 0.29) is 16.8 Å². The summed E-state index contributed by atoms with van der Waals surface area (Å²) >= 11 is 0. The second kappa shape index (κ2) is 8.36. The van der Waals surface area contributed by atoms with Crippen LogP contribution in [0.4, 0.5) is 5.69 Å². The van der Waals surface area contributed by atoms with E-state index in [1.54, 1.807) is 0 Å². The molecule has 0 saturated carbocycles. The van der Waals surface area contributed by atoms with Gasteiger partial charge in [-0.1, -0.05) is 32.0 Å². The van der Waals surface area contributed by atoms with Crippen LogP contribution in [0, 0.1) is 6.92 Å². The Kier molecular flexibility index (Phi) is 6.42. The van der Waals surface area contributed by atoms with Gasteiger partial charge in [-0.15, -0.1) is 0 Å². The van der Waals surface area contributed by atoms with Crippen molar-refractivity contribution in [1.29, 1.82) is 0 Å². The maximum Gasteiger partial charge on any atom is 0.261 e. The van der Waals surface area contributed by atoms with Crippen molar-refractivity contribution in [3.63, 3.8) is 0 Å². The normalized spacial score (nSPS) is 12.5. The SMILES string of the molecule is CCc1cccc(C)c1NS(=O)(=O)c1ccc(C(=O)NC(C)CC)cc1. The molecule has 2 aromatic carbocycles. The van der Waals surface area contributed by atoms with Crippen LogP contribution in [0.1, 0.15) is 48.7 Å². The molecule has 0 aliphatic carbocycles. The third-order valence-corrected chi connectivity index (χ3v) is 5.76. The van der Waals surface area contributed by atoms with Gasteiger partial charge >= 0.3 is 0 Å². The van der Waals surface area contributed by atoms with Gasteiger partial charge in [-0.25, -0.2) is 8.42 Å². The zero-order valence-corrected chi connectivity index (χ0v) is 16.5. The van der Waals surface area contributed by atoms with Crippen molar-refractivity contribution >= 4 is 21.6 Å². The number of aryl methyl sites for hydroxylation is 2. The van der Waals surface area contributed by atoms with Crippen molar-refractivity contribution in [2.24, 2.45) is 0 Å². The van der Waals surface area contributed by atoms with Crippen LogP contribution in [0.5, 0.6) is 0 Å². The average Bonchev–Trinajstić information content (AvgIpc) is 2.63. The lowest BCUT2D eigenvalue weighted by molar-refractivity contribution is 0.0939. The van der Waals surface area contributed by atoms with Crippen LogP contribution in [0.3, 0.4) is 0 Å². The van der Waals surface area contributed by atoms with Crippen molar-refractivity contribution in [2.45, 2.75) is 51.5 Å². The fourth-order valence-electron chi connectivity index (χ4n) is 2.56. The Morgan fingerprint density at radius 1 is 1.08 bits per heavy atom. The highest BCUT2D eigenvalue weighted by molar-refractivity contribution is 7.92. The largest absolute Gasteiger partial charge is 0.350 e. The van der Waals surface area contributed by atoms with Gasteiger partial charge in [0.05, 0.1) is 10.6 Å². The molecule has 1 unspecified atom stereocenters. The highest BCUT2D eigenvalue weighted by atomic mass is 32.2. The molecule has 140 valence electrons. The minimum absolute atomic E-state index is 0.0705. The van der Waals surface area contributed by atoms with Crippen LogP contribution in [-0.4, -0.2) is 20.4 Å². The predicted octanol–water partition coefficient (Wildman–Crippen LogP) is 3.89. The standard InChI is InChI=1S/C20H26N2O3S/c1-5-15(4)21-20(23)17-10-12-18(13-11-17)26(24,25)22-19-14(3)8-7-9-16(19)6-2/h7-13,15,22H,5-6H2,1-4H3,(H,21,23). The van der Waals surface area contributed by atoms with Crippen molar-refractivity contribution in [1.82, 2.24) is 5.32 Å². The number of carbonyl (C=O) groups is 1. The third kappa shape index (κ3) is 4.64. The van der Waals surface area contributed by atoms with E-state index in [0.29, 0.717) is 11.3 Å².